The van der Waals surface area contributed by atoms with E-state index in [2.05, 4.69) is 10.3 Å². The monoisotopic (exact) mass is 442 g/mol. The SMILES string of the molecule is Cc1noc(C)c1CCC(=O)N1CCC(CC2CC2)(c2noc(C3CCOCC3)n2)CC1. The van der Waals surface area contributed by atoms with Crippen molar-refractivity contribution in [2.24, 2.45) is 5.92 Å². The van der Waals surface area contributed by atoms with Crippen molar-refractivity contribution in [2.75, 3.05) is 26.3 Å². The molecule has 0 radical (unpaired) electrons. The Bertz CT molecular complexity index is 914. The molecule has 2 aliphatic heterocycles. The first-order chi connectivity index (χ1) is 15.5. The molecule has 32 heavy (non-hydrogen) atoms. The number of likely N-dealkylation sites (tertiary alicyclic amines) is 1. The minimum Gasteiger partial charge on any atom is -0.381 e. The summed E-state index contributed by atoms with van der Waals surface area (Å²) >= 11 is 0. The van der Waals surface area contributed by atoms with Gasteiger partial charge in [0.2, 0.25) is 11.8 Å². The normalized spacial score (nSPS) is 21.8. The van der Waals surface area contributed by atoms with Gasteiger partial charge in [0, 0.05) is 49.6 Å². The highest BCUT2D eigenvalue weighted by atomic mass is 16.5. The zero-order chi connectivity index (χ0) is 22.1. The molecule has 174 valence electrons. The standard InChI is InChI=1S/C24H34N4O4/c1-16-20(17(2)31-26-16)5-6-21(29)28-11-9-24(10-12-28,15-18-3-4-18)23-25-22(32-27-23)19-7-13-30-14-8-19/h18-19H,3-15H2,1-2H3. The lowest BCUT2D eigenvalue weighted by atomic mass is 9.73. The molecule has 8 heteroatoms. The first-order valence-corrected chi connectivity index (χ1v) is 12.2. The maximum absolute atomic E-state index is 12.9. The summed E-state index contributed by atoms with van der Waals surface area (Å²) in [6, 6.07) is 0. The van der Waals surface area contributed by atoms with Crippen LogP contribution in [0, 0.1) is 19.8 Å². The Morgan fingerprint density at radius 3 is 2.47 bits per heavy atom. The minimum absolute atomic E-state index is 0.0630. The van der Waals surface area contributed by atoms with E-state index in [1.54, 1.807) is 0 Å². The summed E-state index contributed by atoms with van der Waals surface area (Å²) in [5, 5.41) is 8.48. The lowest BCUT2D eigenvalue weighted by molar-refractivity contribution is -0.132. The number of aryl methyl sites for hydroxylation is 2. The number of carbonyl (C=O) groups excluding carboxylic acids is 1. The van der Waals surface area contributed by atoms with E-state index in [4.69, 9.17) is 18.8 Å². The number of aromatic nitrogens is 3. The average Bonchev–Trinajstić information content (AvgIpc) is 3.36. The van der Waals surface area contributed by atoms with Crippen LogP contribution in [-0.2, 0) is 21.4 Å². The molecule has 2 aromatic rings. The molecule has 0 atom stereocenters. The molecule has 8 nitrogen and oxygen atoms in total. The molecule has 0 aromatic carbocycles. The quantitative estimate of drug-likeness (QED) is 0.642. The summed E-state index contributed by atoms with van der Waals surface area (Å²) in [5.41, 5.74) is 1.88. The molecular formula is C24H34N4O4. The summed E-state index contributed by atoms with van der Waals surface area (Å²) in [4.78, 5) is 19.9. The third-order valence-electron chi connectivity index (χ3n) is 7.71. The van der Waals surface area contributed by atoms with Crippen molar-refractivity contribution in [3.8, 4) is 0 Å². The summed E-state index contributed by atoms with van der Waals surface area (Å²) in [6.45, 7) is 6.89. The fraction of sp³-hybridized carbons (Fsp3) is 0.750. The number of nitrogens with zero attached hydrogens (tertiary/aromatic N) is 4. The Morgan fingerprint density at radius 1 is 1.06 bits per heavy atom. The fourth-order valence-electron chi connectivity index (χ4n) is 5.39. The molecular weight excluding hydrogens is 408 g/mol. The van der Waals surface area contributed by atoms with E-state index in [-0.39, 0.29) is 11.3 Å². The van der Waals surface area contributed by atoms with Gasteiger partial charge in [-0.05, 0) is 58.3 Å². The molecule has 5 rings (SSSR count). The number of hydrogen-bond donors (Lipinski definition) is 0. The van der Waals surface area contributed by atoms with Crippen molar-refractivity contribution in [1.82, 2.24) is 20.2 Å². The second kappa shape index (κ2) is 8.96. The summed E-state index contributed by atoms with van der Waals surface area (Å²) in [5.74, 6) is 3.75. The second-order valence-electron chi connectivity index (χ2n) is 9.95. The first-order valence-electron chi connectivity index (χ1n) is 12.2. The van der Waals surface area contributed by atoms with Crippen LogP contribution in [-0.4, -0.2) is 52.4 Å². The van der Waals surface area contributed by atoms with E-state index in [0.29, 0.717) is 18.8 Å². The zero-order valence-electron chi connectivity index (χ0n) is 19.3. The Morgan fingerprint density at radius 2 is 1.81 bits per heavy atom. The van der Waals surface area contributed by atoms with Crippen LogP contribution in [0.25, 0.3) is 0 Å². The van der Waals surface area contributed by atoms with Crippen molar-refractivity contribution in [3.63, 3.8) is 0 Å². The highest BCUT2D eigenvalue weighted by Gasteiger charge is 2.45. The Hall–Kier alpha value is -2.22. The lowest BCUT2D eigenvalue weighted by Crippen LogP contribution is -2.46. The minimum atomic E-state index is -0.0630. The third kappa shape index (κ3) is 4.47. The third-order valence-corrected chi connectivity index (χ3v) is 7.71. The van der Waals surface area contributed by atoms with Crippen LogP contribution in [0.15, 0.2) is 9.05 Å². The van der Waals surface area contributed by atoms with E-state index >= 15 is 0 Å². The van der Waals surface area contributed by atoms with Crippen molar-refractivity contribution in [2.45, 2.75) is 83.0 Å². The van der Waals surface area contributed by atoms with Crippen molar-refractivity contribution in [1.29, 1.82) is 0 Å². The highest BCUT2D eigenvalue weighted by Crippen LogP contribution is 2.47. The van der Waals surface area contributed by atoms with Crippen LogP contribution in [0.4, 0.5) is 0 Å². The van der Waals surface area contributed by atoms with Gasteiger partial charge in [-0.25, -0.2) is 0 Å². The van der Waals surface area contributed by atoms with Crippen LogP contribution in [0.2, 0.25) is 0 Å². The first kappa shape index (κ1) is 21.6. The van der Waals surface area contributed by atoms with Crippen molar-refractivity contribution < 1.29 is 18.6 Å². The summed E-state index contributed by atoms with van der Waals surface area (Å²) < 4.78 is 16.5. The van der Waals surface area contributed by atoms with Gasteiger partial charge in [0.15, 0.2) is 5.82 Å². The summed E-state index contributed by atoms with van der Waals surface area (Å²) in [7, 11) is 0. The van der Waals surface area contributed by atoms with E-state index in [9.17, 15) is 4.79 Å². The van der Waals surface area contributed by atoms with Crippen LogP contribution in [0.3, 0.4) is 0 Å². The number of rotatable bonds is 7. The molecule has 3 fully saturated rings. The predicted molar refractivity (Wildman–Crippen MR) is 116 cm³/mol. The topological polar surface area (TPSA) is 94.5 Å². The Balaban J connectivity index is 1.23. The molecule has 2 saturated heterocycles. The Labute approximate surface area is 189 Å². The molecule has 0 spiro atoms. The van der Waals surface area contributed by atoms with Crippen molar-refractivity contribution in [3.05, 3.63) is 28.7 Å². The zero-order valence-corrected chi connectivity index (χ0v) is 19.3. The number of piperidine rings is 1. The van der Waals surface area contributed by atoms with E-state index in [1.165, 1.54) is 12.8 Å². The molecule has 2 aromatic heterocycles. The molecule has 3 aliphatic rings. The van der Waals surface area contributed by atoms with E-state index in [1.807, 2.05) is 18.7 Å². The number of ether oxygens (including phenoxy) is 1. The van der Waals surface area contributed by atoms with Crippen LogP contribution in [0.1, 0.15) is 86.0 Å². The maximum Gasteiger partial charge on any atom is 0.229 e. The summed E-state index contributed by atoms with van der Waals surface area (Å²) in [6.07, 6.45) is 8.60. The van der Waals surface area contributed by atoms with Gasteiger partial charge >= 0.3 is 0 Å². The smallest absolute Gasteiger partial charge is 0.229 e. The van der Waals surface area contributed by atoms with Crippen LogP contribution in [0.5, 0.6) is 0 Å². The van der Waals surface area contributed by atoms with Gasteiger partial charge in [-0.15, -0.1) is 0 Å². The van der Waals surface area contributed by atoms with Gasteiger partial charge in [0.25, 0.3) is 0 Å². The lowest BCUT2D eigenvalue weighted by Gasteiger charge is -2.40. The van der Waals surface area contributed by atoms with Gasteiger partial charge in [-0.1, -0.05) is 23.2 Å². The van der Waals surface area contributed by atoms with Gasteiger partial charge < -0.3 is 18.7 Å². The largest absolute Gasteiger partial charge is 0.381 e. The molecule has 0 unspecified atom stereocenters. The average molecular weight is 443 g/mol. The molecule has 4 heterocycles. The van der Waals surface area contributed by atoms with Crippen LogP contribution >= 0.6 is 0 Å². The predicted octanol–water partition coefficient (Wildman–Crippen LogP) is 3.86. The fourth-order valence-corrected chi connectivity index (χ4v) is 5.39. The second-order valence-corrected chi connectivity index (χ2v) is 9.95. The van der Waals surface area contributed by atoms with Gasteiger partial charge in [-0.3, -0.25) is 4.79 Å². The maximum atomic E-state index is 12.9. The number of amides is 1. The van der Waals surface area contributed by atoms with Crippen LogP contribution < -0.4 is 0 Å². The van der Waals surface area contributed by atoms with Gasteiger partial charge in [0.05, 0.1) is 5.69 Å². The van der Waals surface area contributed by atoms with E-state index in [0.717, 1.165) is 93.1 Å². The van der Waals surface area contributed by atoms with Gasteiger partial charge in [-0.2, -0.15) is 4.98 Å². The Kier molecular flexibility index (Phi) is 6.05. The molecule has 0 bridgehead atoms. The van der Waals surface area contributed by atoms with Crippen molar-refractivity contribution >= 4 is 5.91 Å². The molecule has 0 N–H and O–H groups in total. The molecule has 1 aliphatic carbocycles. The van der Waals surface area contributed by atoms with E-state index < -0.39 is 0 Å². The molecule has 1 amide bonds. The highest BCUT2D eigenvalue weighted by molar-refractivity contribution is 5.76. The molecule has 1 saturated carbocycles. The number of hydrogen-bond acceptors (Lipinski definition) is 7. The number of carbonyl (C=O) groups is 1. The van der Waals surface area contributed by atoms with Gasteiger partial charge in [0.1, 0.15) is 5.76 Å².